The molecular formula is C26H25NO6. The highest BCUT2D eigenvalue weighted by Gasteiger charge is 2.40. The molecule has 0 amide bonds. The fourth-order valence-electron chi connectivity index (χ4n) is 3.65. The van der Waals surface area contributed by atoms with Crippen molar-refractivity contribution < 1.29 is 23.8 Å². The third-order valence-corrected chi connectivity index (χ3v) is 5.55. The van der Waals surface area contributed by atoms with Gasteiger partial charge < -0.3 is 14.2 Å². The van der Waals surface area contributed by atoms with Crippen molar-refractivity contribution in [3.8, 4) is 0 Å². The molecule has 1 aliphatic rings. The van der Waals surface area contributed by atoms with E-state index in [0.717, 1.165) is 11.1 Å². The fourth-order valence-corrected chi connectivity index (χ4v) is 3.65. The quantitative estimate of drug-likeness (QED) is 0.534. The van der Waals surface area contributed by atoms with Crippen LogP contribution in [0.25, 0.3) is 0 Å². The van der Waals surface area contributed by atoms with Gasteiger partial charge in [0.15, 0.2) is 0 Å². The lowest BCUT2D eigenvalue weighted by atomic mass is 10.1. The molecule has 4 rings (SSSR count). The van der Waals surface area contributed by atoms with Crippen LogP contribution in [0.2, 0.25) is 0 Å². The molecule has 1 fully saturated rings. The van der Waals surface area contributed by atoms with Gasteiger partial charge >= 0.3 is 11.9 Å². The summed E-state index contributed by atoms with van der Waals surface area (Å²) in [4.78, 5) is 37.4. The molecule has 170 valence electrons. The molecule has 1 saturated heterocycles. The number of esters is 2. The van der Waals surface area contributed by atoms with Gasteiger partial charge in [-0.1, -0.05) is 41.5 Å². The highest BCUT2D eigenvalue weighted by molar-refractivity contribution is 5.90. The van der Waals surface area contributed by atoms with Crippen molar-refractivity contribution in [2.45, 2.75) is 38.7 Å². The van der Waals surface area contributed by atoms with Crippen LogP contribution < -0.4 is 5.56 Å². The Bertz CT molecular complexity index is 1180. The van der Waals surface area contributed by atoms with Crippen molar-refractivity contribution in [2.75, 3.05) is 6.61 Å². The van der Waals surface area contributed by atoms with E-state index in [9.17, 15) is 14.4 Å². The van der Waals surface area contributed by atoms with E-state index in [0.29, 0.717) is 11.1 Å². The summed E-state index contributed by atoms with van der Waals surface area (Å²) < 4.78 is 18.6. The molecule has 3 aromatic rings. The molecule has 2 heterocycles. The SMILES string of the molecule is Cc1ccc(C(=O)OC[C@H]2O[C@H](n3ccccc3=O)C[C@@H]2OC(=O)c2ccc(C)cc2)cc1. The standard InChI is InChI=1S/C26H25NO6/c1-17-6-10-19(11-7-17)25(29)31-16-22-21(33-26(30)20-12-8-18(2)9-13-20)15-24(32-22)27-14-4-3-5-23(27)28/h3-14,21-22,24H,15-16H2,1-2H3/t21-,22+,24-/m0/s1. The van der Waals surface area contributed by atoms with Crippen LogP contribution in [0.5, 0.6) is 0 Å². The van der Waals surface area contributed by atoms with Crippen molar-refractivity contribution in [2.24, 2.45) is 0 Å². The monoisotopic (exact) mass is 447 g/mol. The van der Waals surface area contributed by atoms with Gasteiger partial charge in [-0.15, -0.1) is 0 Å². The predicted molar refractivity (Wildman–Crippen MR) is 121 cm³/mol. The predicted octanol–water partition coefficient (Wildman–Crippen LogP) is 3.84. The van der Waals surface area contributed by atoms with Crippen LogP contribution in [-0.2, 0) is 14.2 Å². The molecule has 7 heteroatoms. The van der Waals surface area contributed by atoms with Gasteiger partial charge in [0.25, 0.3) is 5.56 Å². The molecule has 0 saturated carbocycles. The van der Waals surface area contributed by atoms with Gasteiger partial charge in [-0.05, 0) is 44.2 Å². The number of aromatic nitrogens is 1. The van der Waals surface area contributed by atoms with Gasteiger partial charge in [0, 0.05) is 18.7 Å². The lowest BCUT2D eigenvalue weighted by Gasteiger charge is -2.19. The van der Waals surface area contributed by atoms with E-state index in [-0.39, 0.29) is 18.6 Å². The average molecular weight is 447 g/mol. The van der Waals surface area contributed by atoms with Crippen molar-refractivity contribution in [3.05, 3.63) is 106 Å². The maximum Gasteiger partial charge on any atom is 0.338 e. The van der Waals surface area contributed by atoms with Crippen LogP contribution >= 0.6 is 0 Å². The highest BCUT2D eigenvalue weighted by atomic mass is 16.6. The Morgan fingerprint density at radius 2 is 1.52 bits per heavy atom. The highest BCUT2D eigenvalue weighted by Crippen LogP contribution is 2.31. The van der Waals surface area contributed by atoms with Crippen LogP contribution in [0, 0.1) is 13.8 Å². The topological polar surface area (TPSA) is 83.8 Å². The Morgan fingerprint density at radius 3 is 2.12 bits per heavy atom. The summed E-state index contributed by atoms with van der Waals surface area (Å²) in [5.41, 5.74) is 2.66. The Hall–Kier alpha value is -3.71. The maximum absolute atomic E-state index is 12.7. The zero-order valence-electron chi connectivity index (χ0n) is 18.5. The zero-order chi connectivity index (χ0) is 23.4. The number of carbonyl (C=O) groups excluding carboxylic acids is 2. The number of rotatable bonds is 6. The normalized spacial score (nSPS) is 19.8. The summed E-state index contributed by atoms with van der Waals surface area (Å²) in [5, 5.41) is 0. The first-order chi connectivity index (χ1) is 15.9. The van der Waals surface area contributed by atoms with Gasteiger partial charge in [0.05, 0.1) is 11.1 Å². The number of hydrogen-bond acceptors (Lipinski definition) is 6. The van der Waals surface area contributed by atoms with Gasteiger partial charge in [-0.25, -0.2) is 9.59 Å². The third kappa shape index (κ3) is 5.38. The average Bonchev–Trinajstić information content (AvgIpc) is 3.21. The van der Waals surface area contributed by atoms with E-state index in [4.69, 9.17) is 14.2 Å². The van der Waals surface area contributed by atoms with E-state index >= 15 is 0 Å². The van der Waals surface area contributed by atoms with Crippen molar-refractivity contribution >= 4 is 11.9 Å². The summed E-state index contributed by atoms with van der Waals surface area (Å²) >= 11 is 0. The molecule has 7 nitrogen and oxygen atoms in total. The van der Waals surface area contributed by atoms with Gasteiger partial charge in [0.2, 0.25) is 0 Å². The Morgan fingerprint density at radius 1 is 0.909 bits per heavy atom. The summed E-state index contributed by atoms with van der Waals surface area (Å²) in [6.45, 7) is 3.75. The fraction of sp³-hybridized carbons (Fsp3) is 0.269. The second kappa shape index (κ2) is 9.83. The summed E-state index contributed by atoms with van der Waals surface area (Å²) in [6.07, 6.45) is -0.175. The van der Waals surface area contributed by atoms with Crippen molar-refractivity contribution in [1.29, 1.82) is 0 Å². The number of nitrogens with zero attached hydrogens (tertiary/aromatic N) is 1. The maximum atomic E-state index is 12.7. The minimum absolute atomic E-state index is 0.114. The largest absolute Gasteiger partial charge is 0.459 e. The van der Waals surface area contributed by atoms with E-state index in [1.54, 1.807) is 42.6 Å². The number of ether oxygens (including phenoxy) is 3. The molecule has 0 radical (unpaired) electrons. The van der Waals surface area contributed by atoms with Crippen molar-refractivity contribution in [3.63, 3.8) is 0 Å². The lowest BCUT2D eigenvalue weighted by Crippen LogP contribution is -2.32. The van der Waals surface area contributed by atoms with Crippen LogP contribution in [0.15, 0.2) is 77.7 Å². The molecule has 0 N–H and O–H groups in total. The van der Waals surface area contributed by atoms with Crippen molar-refractivity contribution in [1.82, 2.24) is 4.57 Å². The van der Waals surface area contributed by atoms with Crippen LogP contribution in [0.3, 0.4) is 0 Å². The third-order valence-electron chi connectivity index (χ3n) is 5.55. The van der Waals surface area contributed by atoms with Crippen LogP contribution in [0.1, 0.15) is 44.5 Å². The smallest absolute Gasteiger partial charge is 0.338 e. The van der Waals surface area contributed by atoms with Crippen LogP contribution in [0.4, 0.5) is 0 Å². The molecule has 2 aromatic carbocycles. The number of carbonyl (C=O) groups is 2. The molecule has 0 unspecified atom stereocenters. The summed E-state index contributed by atoms with van der Waals surface area (Å²) in [6, 6.07) is 18.9. The second-order valence-corrected chi connectivity index (χ2v) is 8.09. The van der Waals surface area contributed by atoms with E-state index < -0.39 is 30.4 Å². The van der Waals surface area contributed by atoms with E-state index in [2.05, 4.69) is 0 Å². The molecule has 33 heavy (non-hydrogen) atoms. The molecule has 1 aromatic heterocycles. The first kappa shape index (κ1) is 22.5. The molecular weight excluding hydrogens is 422 g/mol. The van der Waals surface area contributed by atoms with Crippen LogP contribution in [-0.4, -0.2) is 35.3 Å². The summed E-state index contributed by atoms with van der Waals surface area (Å²) in [7, 11) is 0. The van der Waals surface area contributed by atoms with Gasteiger partial charge in [-0.2, -0.15) is 0 Å². The Labute approximate surface area is 191 Å². The first-order valence-electron chi connectivity index (χ1n) is 10.7. The number of pyridine rings is 1. The second-order valence-electron chi connectivity index (χ2n) is 8.09. The van der Waals surface area contributed by atoms with E-state index in [1.165, 1.54) is 10.6 Å². The molecule has 0 aliphatic carbocycles. The number of aryl methyl sites for hydroxylation is 2. The number of hydrogen-bond donors (Lipinski definition) is 0. The number of benzene rings is 2. The lowest BCUT2D eigenvalue weighted by molar-refractivity contribution is -0.0579. The Kier molecular flexibility index (Phi) is 6.70. The Balaban J connectivity index is 1.49. The summed E-state index contributed by atoms with van der Waals surface area (Å²) in [5.74, 6) is -0.998. The minimum Gasteiger partial charge on any atom is -0.459 e. The first-order valence-corrected chi connectivity index (χ1v) is 10.7. The molecule has 0 spiro atoms. The van der Waals surface area contributed by atoms with E-state index in [1.807, 2.05) is 38.1 Å². The molecule has 0 bridgehead atoms. The van der Waals surface area contributed by atoms with Gasteiger partial charge in [0.1, 0.15) is 25.0 Å². The molecule has 1 aliphatic heterocycles. The van der Waals surface area contributed by atoms with Gasteiger partial charge in [-0.3, -0.25) is 9.36 Å². The zero-order valence-corrected chi connectivity index (χ0v) is 18.5. The molecule has 3 atom stereocenters. The minimum atomic E-state index is -0.717.